The van der Waals surface area contributed by atoms with Crippen LogP contribution in [-0.2, 0) is 16.6 Å². The quantitative estimate of drug-likeness (QED) is 0.206. The lowest BCUT2D eigenvalue weighted by Crippen LogP contribution is -2.40. The summed E-state index contributed by atoms with van der Waals surface area (Å²) in [6.45, 7) is 5.44. The van der Waals surface area contributed by atoms with Gasteiger partial charge in [-0.2, -0.15) is 0 Å². The SMILES string of the molecule is CC(C)(C)NS(=O)(=O)c1ccccc1-c1ccc(C(=O)Cn2cnc3ccc(C(=N)N)cc32)cc1. The van der Waals surface area contributed by atoms with Crippen LogP contribution in [-0.4, -0.2) is 35.1 Å². The molecule has 0 saturated heterocycles. The zero-order chi connectivity index (χ0) is 25.4. The van der Waals surface area contributed by atoms with Gasteiger partial charge in [-0.1, -0.05) is 42.5 Å². The zero-order valence-electron chi connectivity index (χ0n) is 19.7. The third kappa shape index (κ3) is 5.31. The van der Waals surface area contributed by atoms with Crippen LogP contribution in [0.2, 0.25) is 0 Å². The summed E-state index contributed by atoms with van der Waals surface area (Å²) in [7, 11) is -3.74. The van der Waals surface area contributed by atoms with Crippen LogP contribution in [0.3, 0.4) is 0 Å². The molecule has 4 aromatic rings. The van der Waals surface area contributed by atoms with Crippen molar-refractivity contribution in [2.24, 2.45) is 5.73 Å². The molecule has 4 N–H and O–H groups in total. The minimum Gasteiger partial charge on any atom is -0.384 e. The van der Waals surface area contributed by atoms with E-state index in [0.717, 1.165) is 0 Å². The van der Waals surface area contributed by atoms with E-state index in [-0.39, 0.29) is 23.1 Å². The molecule has 3 aromatic carbocycles. The summed E-state index contributed by atoms with van der Waals surface area (Å²) < 4.78 is 30.4. The van der Waals surface area contributed by atoms with E-state index in [2.05, 4.69) is 9.71 Å². The Labute approximate surface area is 204 Å². The number of hydrogen-bond acceptors (Lipinski definition) is 5. The van der Waals surface area contributed by atoms with Crippen molar-refractivity contribution in [3.63, 3.8) is 0 Å². The highest BCUT2D eigenvalue weighted by Gasteiger charge is 2.24. The van der Waals surface area contributed by atoms with Crippen LogP contribution in [0.1, 0.15) is 36.7 Å². The fourth-order valence-electron chi connectivity index (χ4n) is 3.83. The molecule has 0 radical (unpaired) electrons. The van der Waals surface area contributed by atoms with Gasteiger partial charge in [-0.05, 0) is 50.6 Å². The number of amidine groups is 1. The van der Waals surface area contributed by atoms with Crippen molar-refractivity contribution in [2.45, 2.75) is 37.8 Å². The number of nitrogens with two attached hydrogens (primary N) is 1. The van der Waals surface area contributed by atoms with Crippen molar-refractivity contribution in [1.82, 2.24) is 14.3 Å². The molecule has 35 heavy (non-hydrogen) atoms. The topological polar surface area (TPSA) is 131 Å². The van der Waals surface area contributed by atoms with Crippen molar-refractivity contribution in [3.8, 4) is 11.1 Å². The molecule has 0 aliphatic rings. The van der Waals surface area contributed by atoms with Gasteiger partial charge in [0, 0.05) is 22.2 Å². The molecule has 9 heteroatoms. The molecule has 180 valence electrons. The standard InChI is InChI=1S/C26H27N5O3S/c1-26(2,3)30-35(33,34)24-7-5-4-6-20(24)17-8-10-18(11-9-17)23(32)15-31-16-29-21-13-12-19(25(27)28)14-22(21)31/h4-14,16,30H,15H2,1-3H3,(H3,27,28). The van der Waals surface area contributed by atoms with Gasteiger partial charge in [0.2, 0.25) is 10.0 Å². The first kappa shape index (κ1) is 24.3. The molecule has 0 atom stereocenters. The summed E-state index contributed by atoms with van der Waals surface area (Å²) in [4.78, 5) is 17.5. The second-order valence-corrected chi connectivity index (χ2v) is 11.0. The fourth-order valence-corrected chi connectivity index (χ4v) is 5.48. The van der Waals surface area contributed by atoms with E-state index in [0.29, 0.717) is 33.3 Å². The average molecular weight is 490 g/mol. The van der Waals surface area contributed by atoms with Gasteiger partial charge in [0.05, 0.1) is 28.8 Å². The number of Topliss-reactive ketones (excluding diaryl/α,β-unsaturated/α-hetero) is 1. The Kier molecular flexibility index (Phi) is 6.31. The van der Waals surface area contributed by atoms with Gasteiger partial charge >= 0.3 is 0 Å². The van der Waals surface area contributed by atoms with Crippen LogP contribution >= 0.6 is 0 Å². The maximum atomic E-state index is 13.0. The van der Waals surface area contributed by atoms with Crippen LogP contribution in [0.15, 0.2) is 78.0 Å². The van der Waals surface area contributed by atoms with E-state index in [1.54, 1.807) is 98.4 Å². The molecule has 0 amide bonds. The molecule has 1 aromatic heterocycles. The second-order valence-electron chi connectivity index (χ2n) is 9.34. The number of sulfonamides is 1. The highest BCUT2D eigenvalue weighted by molar-refractivity contribution is 7.89. The number of carbonyl (C=O) groups is 1. The number of nitrogens with one attached hydrogen (secondary N) is 2. The summed E-state index contributed by atoms with van der Waals surface area (Å²) in [6.07, 6.45) is 1.59. The molecule has 8 nitrogen and oxygen atoms in total. The summed E-state index contributed by atoms with van der Waals surface area (Å²) >= 11 is 0. The highest BCUT2D eigenvalue weighted by Crippen LogP contribution is 2.28. The van der Waals surface area contributed by atoms with E-state index >= 15 is 0 Å². The summed E-state index contributed by atoms with van der Waals surface area (Å²) in [6, 6.07) is 18.9. The van der Waals surface area contributed by atoms with Crippen LogP contribution in [0.5, 0.6) is 0 Å². The molecule has 4 rings (SSSR count). The maximum absolute atomic E-state index is 13.0. The van der Waals surface area contributed by atoms with Gasteiger partial charge < -0.3 is 10.3 Å². The summed E-state index contributed by atoms with van der Waals surface area (Å²) in [5, 5.41) is 7.64. The van der Waals surface area contributed by atoms with Crippen LogP contribution in [0.4, 0.5) is 0 Å². The second kappa shape index (κ2) is 9.09. The van der Waals surface area contributed by atoms with Gasteiger partial charge in [-0.3, -0.25) is 10.2 Å². The molecule has 0 fully saturated rings. The van der Waals surface area contributed by atoms with E-state index in [1.165, 1.54) is 0 Å². The molecule has 0 unspecified atom stereocenters. The number of ketones is 1. The van der Waals surface area contributed by atoms with E-state index in [9.17, 15) is 13.2 Å². The van der Waals surface area contributed by atoms with Gasteiger partial charge in [0.1, 0.15) is 5.84 Å². The third-order valence-electron chi connectivity index (χ3n) is 5.38. The summed E-state index contributed by atoms with van der Waals surface area (Å²) in [5.41, 5.74) is 8.69. The normalized spacial score (nSPS) is 12.1. The van der Waals surface area contributed by atoms with Crippen LogP contribution < -0.4 is 10.5 Å². The van der Waals surface area contributed by atoms with Gasteiger partial charge in [0.25, 0.3) is 0 Å². The van der Waals surface area contributed by atoms with Crippen LogP contribution in [0, 0.1) is 5.41 Å². The minimum absolute atomic E-state index is 0.0541. The fraction of sp³-hybridized carbons (Fsp3) is 0.192. The van der Waals surface area contributed by atoms with E-state index in [4.69, 9.17) is 11.1 Å². The van der Waals surface area contributed by atoms with E-state index < -0.39 is 15.6 Å². The highest BCUT2D eigenvalue weighted by atomic mass is 32.2. The lowest BCUT2D eigenvalue weighted by Gasteiger charge is -2.21. The number of nitrogen functional groups attached to an aromatic ring is 1. The van der Waals surface area contributed by atoms with Gasteiger partial charge in [0.15, 0.2) is 5.78 Å². The Morgan fingerprint density at radius 1 is 1.03 bits per heavy atom. The van der Waals surface area contributed by atoms with Crippen molar-refractivity contribution in [2.75, 3.05) is 0 Å². The van der Waals surface area contributed by atoms with Crippen LogP contribution in [0.25, 0.3) is 22.2 Å². The predicted octanol–water partition coefficient (Wildman–Crippen LogP) is 3.95. The average Bonchev–Trinajstić information content (AvgIpc) is 3.19. The van der Waals surface area contributed by atoms with Crippen molar-refractivity contribution in [1.29, 1.82) is 5.41 Å². The molecule has 0 spiro atoms. The van der Waals surface area contributed by atoms with E-state index in [1.807, 2.05) is 0 Å². The Hall–Kier alpha value is -3.82. The first-order chi connectivity index (χ1) is 16.4. The third-order valence-corrected chi connectivity index (χ3v) is 7.20. The summed E-state index contributed by atoms with van der Waals surface area (Å²) in [5.74, 6) is -0.180. The smallest absolute Gasteiger partial charge is 0.241 e. The predicted molar refractivity (Wildman–Crippen MR) is 137 cm³/mol. The lowest BCUT2D eigenvalue weighted by atomic mass is 10.0. The first-order valence-electron chi connectivity index (χ1n) is 11.0. The Morgan fingerprint density at radius 3 is 2.34 bits per heavy atom. The molecular weight excluding hydrogens is 462 g/mol. The first-order valence-corrected chi connectivity index (χ1v) is 12.5. The molecule has 0 aliphatic heterocycles. The Bertz CT molecular complexity index is 1530. The van der Waals surface area contributed by atoms with Gasteiger partial charge in [-0.15, -0.1) is 0 Å². The Balaban J connectivity index is 1.60. The number of imidazole rings is 1. The number of nitrogens with zero attached hydrogens (tertiary/aromatic N) is 2. The molecule has 0 aliphatic carbocycles. The Morgan fingerprint density at radius 2 is 1.69 bits per heavy atom. The lowest BCUT2D eigenvalue weighted by molar-refractivity contribution is 0.0973. The van der Waals surface area contributed by atoms with Gasteiger partial charge in [-0.25, -0.2) is 18.1 Å². The number of carbonyl (C=O) groups excluding carboxylic acids is 1. The largest absolute Gasteiger partial charge is 0.384 e. The molecular formula is C26H27N5O3S. The van der Waals surface area contributed by atoms with Crippen molar-refractivity contribution in [3.05, 3.63) is 84.2 Å². The number of aromatic nitrogens is 2. The number of hydrogen-bond donors (Lipinski definition) is 3. The number of rotatable bonds is 7. The molecule has 1 heterocycles. The maximum Gasteiger partial charge on any atom is 0.241 e. The number of benzene rings is 3. The van der Waals surface area contributed by atoms with Crippen molar-refractivity contribution < 1.29 is 13.2 Å². The minimum atomic E-state index is -3.74. The molecule has 0 bridgehead atoms. The molecule has 0 saturated carbocycles. The van der Waals surface area contributed by atoms with Crippen molar-refractivity contribution >= 4 is 32.7 Å². The monoisotopic (exact) mass is 489 g/mol. The zero-order valence-corrected chi connectivity index (χ0v) is 20.6. The number of fused-ring (bicyclic) bond motifs is 1.